The largest absolute Gasteiger partial charge is 0.493 e. The van der Waals surface area contributed by atoms with Crippen LogP contribution in [0.3, 0.4) is 0 Å². The maximum absolute atomic E-state index is 13.3. The van der Waals surface area contributed by atoms with Crippen LogP contribution >= 0.6 is 0 Å². The smallest absolute Gasteiger partial charge is 0.258 e. The number of ether oxygens (including phenoxy) is 2. The van der Waals surface area contributed by atoms with Crippen molar-refractivity contribution in [1.29, 1.82) is 0 Å². The van der Waals surface area contributed by atoms with Gasteiger partial charge in [-0.25, -0.2) is 0 Å². The summed E-state index contributed by atoms with van der Waals surface area (Å²) in [5.41, 5.74) is 3.97. The molecule has 6 nitrogen and oxygen atoms in total. The van der Waals surface area contributed by atoms with E-state index in [1.165, 1.54) is 30.9 Å². The molecule has 0 bridgehead atoms. The first kappa shape index (κ1) is 20.0. The molecule has 4 rings (SSSR count). The van der Waals surface area contributed by atoms with Gasteiger partial charge in [0, 0.05) is 18.1 Å². The van der Waals surface area contributed by atoms with Crippen molar-refractivity contribution in [2.75, 3.05) is 14.2 Å². The molecule has 0 spiro atoms. The molecular formula is C24H26N2O4. The minimum absolute atomic E-state index is 0.0368. The molecule has 0 radical (unpaired) electrons. The molecule has 3 aromatic rings. The van der Waals surface area contributed by atoms with Crippen LogP contribution in [0, 0.1) is 6.92 Å². The van der Waals surface area contributed by atoms with E-state index < -0.39 is 0 Å². The minimum Gasteiger partial charge on any atom is -0.493 e. The van der Waals surface area contributed by atoms with Gasteiger partial charge in [-0.2, -0.15) is 0 Å². The van der Waals surface area contributed by atoms with Crippen LogP contribution in [-0.2, 0) is 13.0 Å². The van der Waals surface area contributed by atoms with Gasteiger partial charge in [-0.15, -0.1) is 0 Å². The fourth-order valence-corrected chi connectivity index (χ4v) is 4.27. The number of methoxy groups -OCH3 is 2. The van der Waals surface area contributed by atoms with Crippen LogP contribution in [0.15, 0.2) is 41.3 Å². The lowest BCUT2D eigenvalue weighted by atomic mass is 10.0. The van der Waals surface area contributed by atoms with Crippen LogP contribution in [0.1, 0.15) is 46.4 Å². The van der Waals surface area contributed by atoms with E-state index in [2.05, 4.69) is 30.4 Å². The predicted molar refractivity (Wildman–Crippen MR) is 117 cm³/mol. The summed E-state index contributed by atoms with van der Waals surface area (Å²) in [7, 11) is 3.06. The Morgan fingerprint density at radius 3 is 2.50 bits per heavy atom. The maximum Gasteiger partial charge on any atom is 0.258 e. The predicted octanol–water partition coefficient (Wildman–Crippen LogP) is 3.76. The summed E-state index contributed by atoms with van der Waals surface area (Å²) in [6.45, 7) is 4.42. The second kappa shape index (κ2) is 7.86. The fourth-order valence-electron chi connectivity index (χ4n) is 4.27. The highest BCUT2D eigenvalue weighted by Crippen LogP contribution is 2.34. The quantitative estimate of drug-likeness (QED) is 0.700. The summed E-state index contributed by atoms with van der Waals surface area (Å²) in [6.07, 6.45) is 3.45. The van der Waals surface area contributed by atoms with Crippen LogP contribution in [0.5, 0.6) is 11.5 Å². The van der Waals surface area contributed by atoms with Crippen molar-refractivity contribution < 1.29 is 14.3 Å². The molecule has 2 aromatic carbocycles. The molecule has 1 aromatic heterocycles. The van der Waals surface area contributed by atoms with Crippen LogP contribution in [0.4, 0.5) is 0 Å². The van der Waals surface area contributed by atoms with E-state index >= 15 is 0 Å². The molecule has 30 heavy (non-hydrogen) atoms. The third-order valence-electron chi connectivity index (χ3n) is 5.86. The number of aryl methyl sites for hydroxylation is 3. The second-order valence-electron chi connectivity index (χ2n) is 7.65. The number of nitrogens with one attached hydrogen (secondary N) is 1. The molecule has 1 aliphatic carbocycles. The molecule has 156 valence electrons. The lowest BCUT2D eigenvalue weighted by Crippen LogP contribution is -2.30. The Morgan fingerprint density at radius 2 is 1.83 bits per heavy atom. The average Bonchev–Trinajstić information content (AvgIpc) is 3.14. The summed E-state index contributed by atoms with van der Waals surface area (Å²) in [5, 5.41) is 4.17. The average molecular weight is 406 g/mol. The molecule has 6 heteroatoms. The molecule has 1 unspecified atom stereocenters. The molecular weight excluding hydrogens is 380 g/mol. The van der Waals surface area contributed by atoms with Crippen LogP contribution in [0.2, 0.25) is 0 Å². The van der Waals surface area contributed by atoms with Gasteiger partial charge in [0.1, 0.15) is 0 Å². The third-order valence-corrected chi connectivity index (χ3v) is 5.86. The Morgan fingerprint density at radius 1 is 1.13 bits per heavy atom. The molecule has 0 saturated heterocycles. The van der Waals surface area contributed by atoms with Crippen molar-refractivity contribution in [2.45, 2.75) is 39.3 Å². The van der Waals surface area contributed by atoms with E-state index in [1.807, 2.05) is 6.92 Å². The number of carbonyl (C=O) groups is 1. The van der Waals surface area contributed by atoms with E-state index in [4.69, 9.17) is 9.47 Å². The monoisotopic (exact) mass is 406 g/mol. The topological polar surface area (TPSA) is 69.6 Å². The van der Waals surface area contributed by atoms with Crippen molar-refractivity contribution >= 4 is 16.7 Å². The lowest BCUT2D eigenvalue weighted by Gasteiger charge is -2.17. The van der Waals surface area contributed by atoms with Crippen molar-refractivity contribution in [1.82, 2.24) is 9.88 Å². The van der Waals surface area contributed by atoms with Gasteiger partial charge in [-0.3, -0.25) is 9.59 Å². The van der Waals surface area contributed by atoms with E-state index in [9.17, 15) is 9.59 Å². The number of aromatic nitrogens is 1. The van der Waals surface area contributed by atoms with Crippen LogP contribution < -0.4 is 20.3 Å². The first-order chi connectivity index (χ1) is 14.5. The van der Waals surface area contributed by atoms with Crippen LogP contribution in [-0.4, -0.2) is 24.7 Å². The lowest BCUT2D eigenvalue weighted by molar-refractivity contribution is 0.0937. The summed E-state index contributed by atoms with van der Waals surface area (Å²) in [6, 6.07) is 9.68. The Kier molecular flexibility index (Phi) is 5.24. The number of rotatable bonds is 5. The number of carbonyl (C=O) groups excluding carboxylic acids is 1. The first-order valence-electron chi connectivity index (χ1n) is 10.2. The number of amides is 1. The van der Waals surface area contributed by atoms with Crippen molar-refractivity contribution in [3.05, 3.63) is 69.1 Å². The SMILES string of the molecule is CCn1cc(C(=O)NC2CCc3cc(C)ccc32)c2cc(OC)c(OC)cc2c1=O. The normalized spacial score (nSPS) is 15.1. The van der Waals surface area contributed by atoms with Gasteiger partial charge in [0.05, 0.1) is 31.2 Å². The zero-order chi connectivity index (χ0) is 21.4. The Hall–Kier alpha value is -3.28. The van der Waals surface area contributed by atoms with Crippen molar-refractivity contribution in [2.24, 2.45) is 0 Å². The zero-order valence-electron chi connectivity index (χ0n) is 17.7. The molecule has 1 aliphatic rings. The Labute approximate surface area is 175 Å². The molecule has 0 aliphatic heterocycles. The molecule has 1 amide bonds. The molecule has 0 fully saturated rings. The summed E-state index contributed by atoms with van der Waals surface area (Å²) >= 11 is 0. The van der Waals surface area contributed by atoms with Gasteiger partial charge < -0.3 is 19.4 Å². The number of nitrogens with zero attached hydrogens (tertiary/aromatic N) is 1. The molecule has 0 saturated carbocycles. The van der Waals surface area contributed by atoms with Gasteiger partial charge in [0.25, 0.3) is 11.5 Å². The first-order valence-corrected chi connectivity index (χ1v) is 10.2. The fraction of sp³-hybridized carbons (Fsp3) is 0.333. The van der Waals surface area contributed by atoms with E-state index in [0.717, 1.165) is 12.8 Å². The van der Waals surface area contributed by atoms with Gasteiger partial charge >= 0.3 is 0 Å². The highest BCUT2D eigenvalue weighted by molar-refractivity contribution is 6.07. The number of benzene rings is 2. The molecule has 1 N–H and O–H groups in total. The van der Waals surface area contributed by atoms with E-state index in [-0.39, 0.29) is 17.5 Å². The minimum atomic E-state index is -0.201. The summed E-state index contributed by atoms with van der Waals surface area (Å²) in [5.74, 6) is 0.740. The number of hydrogen-bond donors (Lipinski definition) is 1. The van der Waals surface area contributed by atoms with Crippen molar-refractivity contribution in [3.8, 4) is 11.5 Å². The summed E-state index contributed by atoms with van der Waals surface area (Å²) < 4.78 is 12.3. The highest BCUT2D eigenvalue weighted by Gasteiger charge is 2.26. The summed E-state index contributed by atoms with van der Waals surface area (Å²) in [4.78, 5) is 26.2. The van der Waals surface area contributed by atoms with Gasteiger partial charge in [0.2, 0.25) is 0 Å². The van der Waals surface area contributed by atoms with E-state index in [1.54, 1.807) is 22.9 Å². The number of pyridine rings is 1. The van der Waals surface area contributed by atoms with Gasteiger partial charge in [-0.1, -0.05) is 23.8 Å². The van der Waals surface area contributed by atoms with Gasteiger partial charge in [-0.05, 0) is 49.9 Å². The second-order valence-corrected chi connectivity index (χ2v) is 7.65. The maximum atomic E-state index is 13.3. The third kappa shape index (κ3) is 3.32. The Balaban J connectivity index is 1.79. The Bertz CT molecular complexity index is 1200. The standard InChI is InChI=1S/C24H26N2O4/c1-5-26-13-19(17-11-21(29-3)22(30-4)12-18(17)24(26)28)23(27)25-20-9-7-15-10-14(2)6-8-16(15)20/h6,8,10-13,20H,5,7,9H2,1-4H3,(H,25,27). The van der Waals surface area contributed by atoms with Crippen molar-refractivity contribution in [3.63, 3.8) is 0 Å². The van der Waals surface area contributed by atoms with Crippen LogP contribution in [0.25, 0.3) is 10.8 Å². The molecule has 1 heterocycles. The molecule has 1 atom stereocenters. The highest BCUT2D eigenvalue weighted by atomic mass is 16.5. The zero-order valence-corrected chi connectivity index (χ0v) is 17.7. The number of hydrogen-bond acceptors (Lipinski definition) is 4. The van der Waals surface area contributed by atoms with E-state index in [0.29, 0.717) is 34.4 Å². The van der Waals surface area contributed by atoms with Gasteiger partial charge in [0.15, 0.2) is 11.5 Å². The number of fused-ring (bicyclic) bond motifs is 2.